The summed E-state index contributed by atoms with van der Waals surface area (Å²) >= 11 is 0. The van der Waals surface area contributed by atoms with E-state index < -0.39 is 0 Å². The zero-order valence-corrected chi connectivity index (χ0v) is 32.1. The predicted octanol–water partition coefficient (Wildman–Crippen LogP) is 15.0. The molecule has 0 aliphatic heterocycles. The highest BCUT2D eigenvalue weighted by Gasteiger charge is 2.17. The van der Waals surface area contributed by atoms with Crippen molar-refractivity contribution >= 4 is 60.7 Å². The minimum absolute atomic E-state index is 1.10. The number of hydrogen-bond acceptors (Lipinski definition) is 1. The van der Waals surface area contributed by atoms with E-state index in [-0.39, 0.29) is 0 Å². The van der Waals surface area contributed by atoms with Gasteiger partial charge in [-0.25, -0.2) is 0 Å². The maximum absolute atomic E-state index is 2.39. The molecule has 0 aliphatic rings. The van der Waals surface area contributed by atoms with E-state index in [1.165, 1.54) is 71.4 Å². The first kappa shape index (κ1) is 33.7. The molecule has 0 atom stereocenters. The summed E-state index contributed by atoms with van der Waals surface area (Å²) in [4.78, 5) is 2.33. The fourth-order valence-electron chi connectivity index (χ4n) is 8.76. The van der Waals surface area contributed by atoms with Crippen LogP contribution in [0.25, 0.3) is 77.2 Å². The highest BCUT2D eigenvalue weighted by atomic mass is 15.1. The summed E-state index contributed by atoms with van der Waals surface area (Å²) in [7, 11) is 0. The summed E-state index contributed by atoms with van der Waals surface area (Å²) in [6.07, 6.45) is 0. The molecule has 0 aliphatic carbocycles. The van der Waals surface area contributed by atoms with Crippen LogP contribution in [0.5, 0.6) is 0 Å². The number of rotatable bonds is 7. The predicted molar refractivity (Wildman–Crippen MR) is 245 cm³/mol. The number of aryl methyl sites for hydroxylation is 1. The fourth-order valence-corrected chi connectivity index (χ4v) is 8.76. The molecule has 2 aromatic heterocycles. The van der Waals surface area contributed by atoms with Crippen molar-refractivity contribution in [3.8, 4) is 33.6 Å². The molecular weight excluding hydrogens is 703 g/mol. The Morgan fingerprint density at radius 2 is 0.655 bits per heavy atom. The molecule has 58 heavy (non-hydrogen) atoms. The van der Waals surface area contributed by atoms with Crippen molar-refractivity contribution in [3.05, 3.63) is 224 Å². The molecule has 11 rings (SSSR count). The third kappa shape index (κ3) is 5.67. The largest absolute Gasteiger partial charge is 0.311 e. The number of aromatic nitrogens is 2. The topological polar surface area (TPSA) is 13.1 Å². The SMILES string of the molecule is Cc1ccc(-c2ccc(-n3c4ccccc4c4cc(-c5ccc(N(c6ccccc6)c6ccc(-n7c8ccccc8c8ccccc87)cc6)cc5)ccc43)cc2)cc1. The summed E-state index contributed by atoms with van der Waals surface area (Å²) in [5.74, 6) is 0. The molecule has 0 saturated carbocycles. The maximum Gasteiger partial charge on any atom is 0.0541 e. The lowest BCUT2D eigenvalue weighted by molar-refractivity contribution is 1.17. The van der Waals surface area contributed by atoms with E-state index in [2.05, 4.69) is 239 Å². The van der Waals surface area contributed by atoms with Gasteiger partial charge in [0.1, 0.15) is 0 Å². The second-order valence-electron chi connectivity index (χ2n) is 15.1. The number of fused-ring (bicyclic) bond motifs is 6. The van der Waals surface area contributed by atoms with Gasteiger partial charge >= 0.3 is 0 Å². The monoisotopic (exact) mass is 741 g/mol. The molecule has 0 amide bonds. The maximum atomic E-state index is 2.39. The lowest BCUT2D eigenvalue weighted by Gasteiger charge is -2.26. The van der Waals surface area contributed by atoms with Crippen LogP contribution in [0.1, 0.15) is 5.56 Å². The number of para-hydroxylation sites is 4. The van der Waals surface area contributed by atoms with Gasteiger partial charge in [0.05, 0.1) is 22.1 Å². The van der Waals surface area contributed by atoms with Crippen molar-refractivity contribution in [2.24, 2.45) is 0 Å². The summed E-state index contributed by atoms with van der Waals surface area (Å²) in [5, 5.41) is 5.02. The molecule has 274 valence electrons. The van der Waals surface area contributed by atoms with Gasteiger partial charge in [0.15, 0.2) is 0 Å². The van der Waals surface area contributed by atoms with Crippen LogP contribution in [0, 0.1) is 6.92 Å². The summed E-state index contributed by atoms with van der Waals surface area (Å²) in [6, 6.07) is 79.2. The normalized spacial score (nSPS) is 11.5. The van der Waals surface area contributed by atoms with Crippen LogP contribution in [0.15, 0.2) is 218 Å². The Balaban J connectivity index is 0.943. The second-order valence-corrected chi connectivity index (χ2v) is 15.1. The molecule has 0 fully saturated rings. The smallest absolute Gasteiger partial charge is 0.0541 e. The number of nitrogens with zero attached hydrogens (tertiary/aromatic N) is 3. The zero-order chi connectivity index (χ0) is 38.6. The Hall–Kier alpha value is -7.62. The molecule has 3 nitrogen and oxygen atoms in total. The average molecular weight is 742 g/mol. The minimum atomic E-state index is 1.10. The first-order chi connectivity index (χ1) is 28.7. The van der Waals surface area contributed by atoms with E-state index in [0.29, 0.717) is 0 Å². The van der Waals surface area contributed by atoms with Crippen LogP contribution in [-0.2, 0) is 0 Å². The molecular formula is C55H39N3. The summed E-state index contributed by atoms with van der Waals surface area (Å²) < 4.78 is 4.76. The van der Waals surface area contributed by atoms with Crippen LogP contribution >= 0.6 is 0 Å². The summed E-state index contributed by atoms with van der Waals surface area (Å²) in [6.45, 7) is 2.13. The average Bonchev–Trinajstić information content (AvgIpc) is 3.80. The van der Waals surface area contributed by atoms with Crippen molar-refractivity contribution in [2.45, 2.75) is 6.92 Å². The van der Waals surface area contributed by atoms with Gasteiger partial charge in [0.2, 0.25) is 0 Å². The molecule has 11 aromatic rings. The lowest BCUT2D eigenvalue weighted by Crippen LogP contribution is -2.10. The number of benzene rings is 9. The van der Waals surface area contributed by atoms with Crippen LogP contribution in [-0.4, -0.2) is 9.13 Å². The van der Waals surface area contributed by atoms with E-state index in [1.54, 1.807) is 0 Å². The van der Waals surface area contributed by atoms with E-state index in [9.17, 15) is 0 Å². The minimum Gasteiger partial charge on any atom is -0.311 e. The van der Waals surface area contributed by atoms with Gasteiger partial charge in [-0.1, -0.05) is 133 Å². The molecule has 0 unspecified atom stereocenters. The Labute approximate surface area is 337 Å². The Bertz CT molecular complexity index is 3190. The van der Waals surface area contributed by atoms with Crippen molar-refractivity contribution in [1.29, 1.82) is 0 Å². The first-order valence-corrected chi connectivity index (χ1v) is 19.9. The quantitative estimate of drug-likeness (QED) is 0.159. The van der Waals surface area contributed by atoms with Gasteiger partial charge in [-0.15, -0.1) is 0 Å². The van der Waals surface area contributed by atoms with Gasteiger partial charge in [0.25, 0.3) is 0 Å². The van der Waals surface area contributed by atoms with Crippen LogP contribution in [0.3, 0.4) is 0 Å². The standard InChI is InChI=1S/C55H39N3/c1-38-19-21-39(22-20-38)40-23-30-46(31-24-40)58-54-18-10-7-15-50(54)51-37-42(27-36-55(51)58)41-25-28-44(29-26-41)56(43-11-3-2-4-12-43)45-32-34-47(35-33-45)57-52-16-8-5-13-48(52)49-14-6-9-17-53(49)57/h2-37H,1H3. The fraction of sp³-hybridized carbons (Fsp3) is 0.0182. The number of anilines is 3. The molecule has 2 heterocycles. The van der Waals surface area contributed by atoms with E-state index >= 15 is 0 Å². The third-order valence-electron chi connectivity index (χ3n) is 11.6. The van der Waals surface area contributed by atoms with Gasteiger partial charge in [-0.3, -0.25) is 0 Å². The molecule has 0 saturated heterocycles. The van der Waals surface area contributed by atoms with Crippen LogP contribution in [0.2, 0.25) is 0 Å². The van der Waals surface area contributed by atoms with Crippen molar-refractivity contribution in [2.75, 3.05) is 4.90 Å². The molecule has 0 bridgehead atoms. The molecule has 0 radical (unpaired) electrons. The van der Waals surface area contributed by atoms with Gasteiger partial charge in [-0.05, 0) is 120 Å². The van der Waals surface area contributed by atoms with Crippen molar-refractivity contribution in [3.63, 3.8) is 0 Å². The van der Waals surface area contributed by atoms with Crippen LogP contribution in [0.4, 0.5) is 17.1 Å². The van der Waals surface area contributed by atoms with E-state index in [0.717, 1.165) is 28.4 Å². The van der Waals surface area contributed by atoms with Crippen LogP contribution < -0.4 is 4.90 Å². The summed E-state index contributed by atoms with van der Waals surface area (Å²) in [5.41, 5.74) is 16.5. The third-order valence-corrected chi connectivity index (χ3v) is 11.6. The Morgan fingerprint density at radius 3 is 1.21 bits per heavy atom. The Morgan fingerprint density at radius 1 is 0.293 bits per heavy atom. The van der Waals surface area contributed by atoms with E-state index in [1.807, 2.05) is 0 Å². The van der Waals surface area contributed by atoms with Crippen molar-refractivity contribution in [1.82, 2.24) is 9.13 Å². The van der Waals surface area contributed by atoms with Crippen molar-refractivity contribution < 1.29 is 0 Å². The highest BCUT2D eigenvalue weighted by molar-refractivity contribution is 6.11. The first-order valence-electron chi connectivity index (χ1n) is 19.9. The Kier molecular flexibility index (Phi) is 8.04. The zero-order valence-electron chi connectivity index (χ0n) is 32.1. The molecule has 0 N–H and O–H groups in total. The van der Waals surface area contributed by atoms with Gasteiger partial charge < -0.3 is 14.0 Å². The number of hydrogen-bond donors (Lipinski definition) is 0. The molecule has 0 spiro atoms. The van der Waals surface area contributed by atoms with E-state index in [4.69, 9.17) is 0 Å². The van der Waals surface area contributed by atoms with Gasteiger partial charge in [-0.2, -0.15) is 0 Å². The van der Waals surface area contributed by atoms with Gasteiger partial charge in [0, 0.05) is 50.0 Å². The lowest BCUT2D eigenvalue weighted by atomic mass is 10.0. The molecule has 9 aromatic carbocycles. The molecule has 3 heteroatoms. The second kappa shape index (κ2) is 13.8. The highest BCUT2D eigenvalue weighted by Crippen LogP contribution is 2.39.